The first-order valence-electron chi connectivity index (χ1n) is 10.7. The molecule has 2 saturated heterocycles. The molecule has 2 fully saturated rings. The molecule has 0 aliphatic carbocycles. The van der Waals surface area contributed by atoms with Crippen LogP contribution >= 0.6 is 15.9 Å². The predicted octanol–water partition coefficient (Wildman–Crippen LogP) is 3.93. The molecule has 9 heteroatoms. The van der Waals surface area contributed by atoms with E-state index in [1.54, 1.807) is 62.3 Å². The van der Waals surface area contributed by atoms with E-state index in [1.165, 1.54) is 0 Å². The van der Waals surface area contributed by atoms with Gasteiger partial charge in [-0.05, 0) is 50.2 Å². The second-order valence-electron chi connectivity index (χ2n) is 8.47. The van der Waals surface area contributed by atoms with Crippen molar-refractivity contribution >= 4 is 39.5 Å². The molecule has 0 saturated carbocycles. The number of amides is 3. The number of esters is 1. The molecule has 0 N–H and O–H groups in total. The number of rotatable bonds is 4. The van der Waals surface area contributed by atoms with E-state index < -0.39 is 41.3 Å². The molecule has 3 heterocycles. The number of carbonyl (C=O) groups excluding carboxylic acids is 3. The van der Waals surface area contributed by atoms with Gasteiger partial charge >= 0.3 is 12.0 Å². The third-order valence-corrected chi connectivity index (χ3v) is 7.38. The molecule has 3 aliphatic rings. The van der Waals surface area contributed by atoms with Gasteiger partial charge in [0.05, 0.1) is 38.0 Å². The van der Waals surface area contributed by atoms with Gasteiger partial charge < -0.3 is 19.1 Å². The first-order chi connectivity index (χ1) is 15.8. The number of urea groups is 1. The second-order valence-corrected chi connectivity index (χ2v) is 9.39. The zero-order valence-corrected chi connectivity index (χ0v) is 20.0. The Morgan fingerprint density at radius 1 is 1.21 bits per heavy atom. The van der Waals surface area contributed by atoms with E-state index in [4.69, 9.17) is 14.2 Å². The van der Waals surface area contributed by atoms with Crippen molar-refractivity contribution in [2.45, 2.75) is 25.4 Å². The third-order valence-electron chi connectivity index (χ3n) is 6.85. The highest BCUT2D eigenvalue weighted by atomic mass is 79.9. The summed E-state index contributed by atoms with van der Waals surface area (Å²) >= 11 is 3.38. The summed E-state index contributed by atoms with van der Waals surface area (Å²) in [7, 11) is 1.57. The summed E-state index contributed by atoms with van der Waals surface area (Å²) in [5.74, 6) is -1.04. The summed E-state index contributed by atoms with van der Waals surface area (Å²) in [5, 5.41) is 0. The fourth-order valence-corrected chi connectivity index (χ4v) is 5.68. The van der Waals surface area contributed by atoms with Crippen LogP contribution in [-0.2, 0) is 14.3 Å². The highest BCUT2D eigenvalue weighted by Gasteiger charge is 2.72. The van der Waals surface area contributed by atoms with Crippen molar-refractivity contribution in [3.05, 3.63) is 52.5 Å². The molecule has 8 nitrogen and oxygen atoms in total. The number of methoxy groups -OCH3 is 1. The number of nitrogens with zero attached hydrogens (tertiary/aromatic N) is 2. The van der Waals surface area contributed by atoms with Gasteiger partial charge in [-0.1, -0.05) is 15.9 Å². The molecule has 0 bridgehead atoms. The number of halogens is 1. The van der Waals surface area contributed by atoms with Gasteiger partial charge in [-0.2, -0.15) is 0 Å². The van der Waals surface area contributed by atoms with E-state index in [2.05, 4.69) is 15.9 Å². The average molecular weight is 515 g/mol. The van der Waals surface area contributed by atoms with Crippen LogP contribution in [0.5, 0.6) is 11.5 Å². The first kappa shape index (κ1) is 21.8. The quantitative estimate of drug-likeness (QED) is 0.453. The molecule has 0 radical (unpaired) electrons. The lowest BCUT2D eigenvalue weighted by atomic mass is 9.77. The van der Waals surface area contributed by atoms with Crippen molar-refractivity contribution in [2.75, 3.05) is 25.2 Å². The maximum absolute atomic E-state index is 13.9. The van der Waals surface area contributed by atoms with Crippen molar-refractivity contribution in [3.8, 4) is 11.5 Å². The number of fused-ring (bicyclic) bond motifs is 5. The van der Waals surface area contributed by atoms with E-state index >= 15 is 0 Å². The second kappa shape index (κ2) is 7.76. The molecular weight excluding hydrogens is 492 g/mol. The Hall–Kier alpha value is -3.07. The Balaban J connectivity index is 1.66. The molecule has 0 spiro atoms. The van der Waals surface area contributed by atoms with Crippen LogP contribution in [0, 0.1) is 11.8 Å². The lowest BCUT2D eigenvalue weighted by molar-refractivity contribution is -0.154. The molecule has 33 heavy (non-hydrogen) atoms. The molecule has 2 aromatic rings. The van der Waals surface area contributed by atoms with Crippen molar-refractivity contribution in [1.29, 1.82) is 0 Å². The number of carbonyl (C=O) groups is 3. The van der Waals surface area contributed by atoms with Gasteiger partial charge in [-0.15, -0.1) is 0 Å². The van der Waals surface area contributed by atoms with Crippen LogP contribution in [0.2, 0.25) is 0 Å². The van der Waals surface area contributed by atoms with E-state index in [-0.39, 0.29) is 13.2 Å². The van der Waals surface area contributed by atoms with Crippen LogP contribution in [0.25, 0.3) is 0 Å². The Morgan fingerprint density at radius 2 is 1.94 bits per heavy atom. The molecule has 2 aromatic carbocycles. The number of benzene rings is 2. The first-order valence-corrected chi connectivity index (χ1v) is 11.5. The Labute approximate surface area is 199 Å². The Morgan fingerprint density at radius 3 is 2.61 bits per heavy atom. The summed E-state index contributed by atoms with van der Waals surface area (Å²) in [6.07, 6.45) is 0. The zero-order valence-electron chi connectivity index (χ0n) is 18.4. The summed E-state index contributed by atoms with van der Waals surface area (Å²) in [4.78, 5) is 43.6. The largest absolute Gasteiger partial charge is 0.497 e. The van der Waals surface area contributed by atoms with Crippen LogP contribution < -0.4 is 14.4 Å². The number of ether oxygens (including phenoxy) is 3. The Bertz CT molecular complexity index is 1150. The number of hydrogen-bond acceptors (Lipinski definition) is 6. The summed E-state index contributed by atoms with van der Waals surface area (Å²) in [5.41, 5.74) is -0.217. The van der Waals surface area contributed by atoms with Crippen LogP contribution in [0.1, 0.15) is 25.5 Å². The average Bonchev–Trinajstić information content (AvgIpc) is 3.19. The summed E-state index contributed by atoms with van der Waals surface area (Å²) < 4.78 is 17.5. The minimum atomic E-state index is -1.41. The smallest absolute Gasteiger partial charge is 0.332 e. The highest BCUT2D eigenvalue weighted by Crippen LogP contribution is 2.58. The van der Waals surface area contributed by atoms with E-state index in [0.29, 0.717) is 17.2 Å². The molecule has 0 aromatic heterocycles. The maximum Gasteiger partial charge on any atom is 0.332 e. The Kier molecular flexibility index (Phi) is 5.12. The molecular formula is C24H23BrN2O6. The zero-order chi connectivity index (χ0) is 23.5. The third kappa shape index (κ3) is 2.98. The van der Waals surface area contributed by atoms with Crippen molar-refractivity contribution in [1.82, 2.24) is 4.90 Å². The standard InChI is InChI=1S/C24H23BrN2O6/c1-4-32-21(28)19-17-12-33-18-11-15(31-3)9-10-16(18)20(17)27-23(30)26(22(29)24(19,27)2)14-7-5-13(25)6-8-14/h5-11,17,19-20H,4,12H2,1-3H3/t17-,19-,20+,24-/m1/s1. The van der Waals surface area contributed by atoms with Crippen molar-refractivity contribution in [2.24, 2.45) is 11.8 Å². The topological polar surface area (TPSA) is 85.4 Å². The van der Waals surface area contributed by atoms with Gasteiger partial charge in [0.2, 0.25) is 0 Å². The lowest BCUT2D eigenvalue weighted by Crippen LogP contribution is -2.51. The lowest BCUT2D eigenvalue weighted by Gasteiger charge is -2.34. The normalized spacial score (nSPS) is 27.6. The fraction of sp³-hybridized carbons (Fsp3) is 0.375. The van der Waals surface area contributed by atoms with E-state index in [9.17, 15) is 14.4 Å². The van der Waals surface area contributed by atoms with Gasteiger partial charge in [0.1, 0.15) is 17.0 Å². The fourth-order valence-electron chi connectivity index (χ4n) is 5.41. The van der Waals surface area contributed by atoms with Crippen LogP contribution in [0.3, 0.4) is 0 Å². The minimum Gasteiger partial charge on any atom is -0.497 e. The van der Waals surface area contributed by atoms with Crippen LogP contribution in [-0.4, -0.2) is 48.7 Å². The molecule has 172 valence electrons. The van der Waals surface area contributed by atoms with Gasteiger partial charge in [0, 0.05) is 22.0 Å². The number of hydrogen-bond donors (Lipinski definition) is 0. The monoisotopic (exact) mass is 514 g/mol. The maximum atomic E-state index is 13.9. The minimum absolute atomic E-state index is 0.177. The van der Waals surface area contributed by atoms with Gasteiger partial charge in [0.25, 0.3) is 5.91 Å². The summed E-state index contributed by atoms with van der Waals surface area (Å²) in [6.45, 7) is 3.74. The SMILES string of the molecule is CCOC(=O)[C@H]1[C@H]2COc3cc(OC)ccc3[C@@H]2N2C(=O)N(c3ccc(Br)cc3)C(=O)[C@@]12C. The molecule has 0 unspecified atom stereocenters. The van der Waals surface area contributed by atoms with Gasteiger partial charge in [-0.3, -0.25) is 9.59 Å². The van der Waals surface area contributed by atoms with Gasteiger partial charge in [-0.25, -0.2) is 9.69 Å². The molecule has 4 atom stereocenters. The molecule has 3 aliphatic heterocycles. The predicted molar refractivity (Wildman–Crippen MR) is 122 cm³/mol. The summed E-state index contributed by atoms with van der Waals surface area (Å²) in [6, 6.07) is 11.3. The van der Waals surface area contributed by atoms with Gasteiger partial charge in [0.15, 0.2) is 0 Å². The van der Waals surface area contributed by atoms with E-state index in [1.807, 2.05) is 6.07 Å². The van der Waals surface area contributed by atoms with E-state index in [0.717, 1.165) is 14.9 Å². The number of anilines is 1. The van der Waals surface area contributed by atoms with Crippen LogP contribution in [0.15, 0.2) is 46.9 Å². The molecule has 5 rings (SSSR count). The van der Waals surface area contributed by atoms with Crippen molar-refractivity contribution in [3.63, 3.8) is 0 Å². The number of imide groups is 1. The van der Waals surface area contributed by atoms with Crippen LogP contribution in [0.4, 0.5) is 10.5 Å². The molecule has 3 amide bonds. The van der Waals surface area contributed by atoms with Crippen molar-refractivity contribution < 1.29 is 28.6 Å². The highest BCUT2D eigenvalue weighted by molar-refractivity contribution is 9.10.